The Bertz CT molecular complexity index is 1530. The number of ether oxygens (including phenoxy) is 1. The largest absolute Gasteiger partial charge is 0.508 e. The molecule has 0 amide bonds. The summed E-state index contributed by atoms with van der Waals surface area (Å²) in [5, 5.41) is 21.2. The lowest BCUT2D eigenvalue weighted by atomic mass is 9.51. The van der Waals surface area contributed by atoms with Crippen LogP contribution >= 0.6 is 11.8 Å². The zero-order chi connectivity index (χ0) is 31.9. The van der Waals surface area contributed by atoms with Crippen LogP contribution in [-0.2, 0) is 6.42 Å². The molecule has 0 heterocycles. The molecule has 0 spiro atoms. The highest BCUT2D eigenvalue weighted by Gasteiger charge is 2.57. The molecule has 0 aliphatic heterocycles. The van der Waals surface area contributed by atoms with Gasteiger partial charge < -0.3 is 14.9 Å². The summed E-state index contributed by atoms with van der Waals surface area (Å²) in [4.78, 5) is -0.641. The molecule has 0 aromatic heterocycles. The summed E-state index contributed by atoms with van der Waals surface area (Å²) in [6, 6.07) is 14.1. The third-order valence-corrected chi connectivity index (χ3v) is 11.9. The maximum absolute atomic E-state index is 14.2. The third kappa shape index (κ3) is 5.89. The summed E-state index contributed by atoms with van der Waals surface area (Å²) >= 11 is 0.767. The number of benzene rings is 3. The monoisotopic (exact) mass is 640 g/mol. The van der Waals surface area contributed by atoms with E-state index in [-0.39, 0.29) is 17.4 Å². The van der Waals surface area contributed by atoms with E-state index in [4.69, 9.17) is 4.74 Å². The fraction of sp³-hybridized carbons (Fsp3) is 0.459. The van der Waals surface area contributed by atoms with Crippen molar-refractivity contribution in [3.05, 3.63) is 94.6 Å². The zero-order valence-corrected chi connectivity index (χ0v) is 26.3. The molecule has 3 aromatic carbocycles. The van der Waals surface area contributed by atoms with Crippen molar-refractivity contribution in [2.75, 3.05) is 12.4 Å². The molecule has 3 nitrogen and oxygen atoms in total. The minimum Gasteiger partial charge on any atom is -0.508 e. The smallest absolute Gasteiger partial charge is 0.176 e. The van der Waals surface area contributed by atoms with Gasteiger partial charge >= 0.3 is 0 Å². The van der Waals surface area contributed by atoms with Gasteiger partial charge in [0.2, 0.25) is 0 Å². The van der Waals surface area contributed by atoms with E-state index in [9.17, 15) is 27.8 Å². The number of aliphatic hydroxyl groups is 1. The predicted molar refractivity (Wildman–Crippen MR) is 170 cm³/mol. The van der Waals surface area contributed by atoms with E-state index in [0.717, 1.165) is 68.5 Å². The SMILES string of the molecule is C=Cc1c(F)c(F)c(SCCCCCOc2ccc([C@H]3C[C@]4(C)[C@@H](O)CC[C@H]4[C@@H]4CCc5cc(O)ccc5[C@H]43)cc2)c(F)c1F. The molecule has 6 atom stereocenters. The van der Waals surface area contributed by atoms with Crippen molar-refractivity contribution in [1.29, 1.82) is 0 Å². The molecular weight excluding hydrogens is 600 g/mol. The van der Waals surface area contributed by atoms with Crippen LogP contribution in [0.25, 0.3) is 6.08 Å². The molecule has 3 aliphatic carbocycles. The van der Waals surface area contributed by atoms with E-state index in [1.807, 2.05) is 24.3 Å². The number of phenolic OH excluding ortho intramolecular Hbond substituents is 1. The highest BCUT2D eigenvalue weighted by Crippen LogP contribution is 2.65. The number of phenols is 1. The molecule has 3 aromatic rings. The number of halogens is 4. The second-order valence-corrected chi connectivity index (χ2v) is 14.3. The first kappa shape index (κ1) is 32.0. The lowest BCUT2D eigenvalue weighted by Crippen LogP contribution is -2.47. The van der Waals surface area contributed by atoms with Gasteiger partial charge in [-0.1, -0.05) is 37.8 Å². The minimum atomic E-state index is -1.42. The van der Waals surface area contributed by atoms with Crippen LogP contribution in [0.3, 0.4) is 0 Å². The Morgan fingerprint density at radius 1 is 0.956 bits per heavy atom. The van der Waals surface area contributed by atoms with Gasteiger partial charge in [0.25, 0.3) is 0 Å². The van der Waals surface area contributed by atoms with Crippen LogP contribution in [0.2, 0.25) is 0 Å². The third-order valence-electron chi connectivity index (χ3n) is 10.7. The molecule has 3 aliphatic rings. The van der Waals surface area contributed by atoms with Crippen molar-refractivity contribution in [2.24, 2.45) is 17.3 Å². The maximum atomic E-state index is 14.2. The molecule has 45 heavy (non-hydrogen) atoms. The molecule has 6 rings (SSSR count). The van der Waals surface area contributed by atoms with Gasteiger partial charge in [0, 0.05) is 0 Å². The Labute approximate surface area is 266 Å². The van der Waals surface area contributed by atoms with Gasteiger partial charge in [0.05, 0.1) is 23.2 Å². The molecule has 0 radical (unpaired) electrons. The number of aromatic hydroxyl groups is 1. The Balaban J connectivity index is 1.06. The average molecular weight is 641 g/mol. The minimum absolute atomic E-state index is 0.109. The van der Waals surface area contributed by atoms with Crippen LogP contribution in [-0.4, -0.2) is 28.7 Å². The van der Waals surface area contributed by atoms with E-state index in [1.54, 1.807) is 0 Å². The van der Waals surface area contributed by atoms with E-state index in [1.165, 1.54) is 16.7 Å². The molecule has 0 unspecified atom stereocenters. The molecule has 0 saturated heterocycles. The number of hydrogen-bond donors (Lipinski definition) is 2. The number of aliphatic hydroxyl groups excluding tert-OH is 1. The Hall–Kier alpha value is -2.97. The van der Waals surface area contributed by atoms with Crippen LogP contribution in [0, 0.1) is 40.5 Å². The molecule has 8 heteroatoms. The summed E-state index contributed by atoms with van der Waals surface area (Å²) in [5.41, 5.74) is 2.91. The van der Waals surface area contributed by atoms with Crippen LogP contribution in [0.15, 0.2) is 53.9 Å². The Morgan fingerprint density at radius 2 is 1.69 bits per heavy atom. The van der Waals surface area contributed by atoms with E-state index >= 15 is 0 Å². The van der Waals surface area contributed by atoms with Crippen molar-refractivity contribution in [3.8, 4) is 11.5 Å². The van der Waals surface area contributed by atoms with Gasteiger partial charge in [-0.05, 0) is 127 Å². The van der Waals surface area contributed by atoms with Crippen molar-refractivity contribution >= 4 is 17.8 Å². The number of fused-ring (bicyclic) bond motifs is 5. The number of aryl methyl sites for hydroxylation is 1. The number of rotatable bonds is 10. The molecule has 0 bridgehead atoms. The summed E-state index contributed by atoms with van der Waals surface area (Å²) < 4.78 is 62.4. The molecule has 2 saturated carbocycles. The first-order chi connectivity index (χ1) is 21.6. The normalized spacial score (nSPS) is 27.0. The summed E-state index contributed by atoms with van der Waals surface area (Å²) in [6.45, 7) is 5.96. The first-order valence-electron chi connectivity index (χ1n) is 16.0. The molecule has 2 N–H and O–H groups in total. The van der Waals surface area contributed by atoms with Crippen LogP contribution < -0.4 is 4.74 Å². The number of hydrogen-bond acceptors (Lipinski definition) is 4. The topological polar surface area (TPSA) is 49.7 Å². The van der Waals surface area contributed by atoms with Gasteiger partial charge in [0.15, 0.2) is 23.3 Å². The van der Waals surface area contributed by atoms with Crippen molar-refractivity contribution in [3.63, 3.8) is 0 Å². The maximum Gasteiger partial charge on any atom is 0.176 e. The lowest BCUT2D eigenvalue weighted by molar-refractivity contribution is -0.0323. The standard InChI is InChI=1S/C37H40F4O3S/c1-3-25-32(38)34(40)36(35(41)33(25)39)45-18-6-4-5-17-44-24-11-7-21(8-12-24)28-20-37(2)29(15-16-30(37)43)27-13-9-22-19-23(42)10-14-26(22)31(27)28/h3,7-8,10-12,14,19,27-31,42-43H,1,4-6,9,13,15-18,20H2,2H3/t27-,28+,29-,30-,31+,37-/m0/s1. The first-order valence-corrected chi connectivity index (χ1v) is 17.0. The Kier molecular flexibility index (Phi) is 9.26. The highest BCUT2D eigenvalue weighted by atomic mass is 32.2. The van der Waals surface area contributed by atoms with Crippen molar-refractivity contribution in [2.45, 2.75) is 81.1 Å². The highest BCUT2D eigenvalue weighted by molar-refractivity contribution is 7.99. The average Bonchev–Trinajstić information content (AvgIpc) is 3.34. The number of unbranched alkanes of at least 4 members (excludes halogenated alkanes) is 2. The molecular formula is C37H40F4O3S. The quantitative estimate of drug-likeness (QED) is 0.100. The molecule has 2 fully saturated rings. The predicted octanol–water partition coefficient (Wildman–Crippen LogP) is 9.54. The van der Waals surface area contributed by atoms with Crippen molar-refractivity contribution < 1.29 is 32.5 Å². The van der Waals surface area contributed by atoms with Crippen LogP contribution in [0.1, 0.15) is 86.0 Å². The lowest BCUT2D eigenvalue weighted by Gasteiger charge is -2.54. The summed E-state index contributed by atoms with van der Waals surface area (Å²) in [6.07, 6.45) is 7.41. The van der Waals surface area contributed by atoms with Gasteiger partial charge in [-0.15, -0.1) is 11.8 Å². The zero-order valence-electron chi connectivity index (χ0n) is 25.5. The fourth-order valence-corrected chi connectivity index (χ4v) is 9.47. The van der Waals surface area contributed by atoms with E-state index in [0.29, 0.717) is 42.3 Å². The van der Waals surface area contributed by atoms with E-state index < -0.39 is 33.7 Å². The fourth-order valence-electron chi connectivity index (χ4n) is 8.48. The molecule has 240 valence electrons. The van der Waals surface area contributed by atoms with E-state index in [2.05, 4.69) is 31.7 Å². The van der Waals surface area contributed by atoms with Gasteiger partial charge in [-0.2, -0.15) is 0 Å². The van der Waals surface area contributed by atoms with Crippen molar-refractivity contribution in [1.82, 2.24) is 0 Å². The van der Waals surface area contributed by atoms with Gasteiger partial charge in [0.1, 0.15) is 11.5 Å². The summed E-state index contributed by atoms with van der Waals surface area (Å²) in [7, 11) is 0. The second-order valence-electron chi connectivity index (χ2n) is 13.2. The Morgan fingerprint density at radius 3 is 2.40 bits per heavy atom. The van der Waals surface area contributed by atoms with Gasteiger partial charge in [-0.3, -0.25) is 0 Å². The van der Waals surface area contributed by atoms with Crippen LogP contribution in [0.5, 0.6) is 11.5 Å². The number of thioether (sulfide) groups is 1. The van der Waals surface area contributed by atoms with Crippen LogP contribution in [0.4, 0.5) is 17.6 Å². The van der Waals surface area contributed by atoms with Gasteiger partial charge in [-0.25, -0.2) is 17.6 Å². The second kappa shape index (κ2) is 13.0. The summed E-state index contributed by atoms with van der Waals surface area (Å²) in [5.74, 6) is -2.64.